The number of halogens is 5. The van der Waals surface area contributed by atoms with E-state index in [1.54, 1.807) is 0 Å². The van der Waals surface area contributed by atoms with Crippen LogP contribution in [0.25, 0.3) is 0 Å². The molecule has 0 radical (unpaired) electrons. The molecule has 0 rings (SSSR count). The van der Waals surface area contributed by atoms with Gasteiger partial charge in [-0.25, -0.2) is 4.79 Å². The third-order valence-corrected chi connectivity index (χ3v) is 3.38. The maximum absolute atomic E-state index is 11.3. The highest BCUT2D eigenvalue weighted by Gasteiger charge is 2.44. The minimum absolute atomic E-state index is 0.192. The fraction of sp³-hybridized carbons (Fsp3) is 0.778. The lowest BCUT2D eigenvalue weighted by atomic mass is 10.1. The van der Waals surface area contributed by atoms with E-state index < -0.39 is 26.0 Å². The molecule has 0 bridgehead atoms. The molecule has 4 nitrogen and oxygen atoms in total. The van der Waals surface area contributed by atoms with Gasteiger partial charge in [0.15, 0.2) is 0 Å². The smallest absolute Gasteiger partial charge is 0.342 e. The van der Waals surface area contributed by atoms with E-state index in [0.717, 1.165) is 7.11 Å². The fourth-order valence-corrected chi connectivity index (χ4v) is 3.20. The van der Waals surface area contributed by atoms with Crippen molar-refractivity contribution in [1.82, 2.24) is 0 Å². The van der Waals surface area contributed by atoms with E-state index in [9.17, 15) is 9.59 Å². The van der Waals surface area contributed by atoms with Gasteiger partial charge in [-0.1, -0.05) is 23.2 Å². The van der Waals surface area contributed by atoms with Crippen LogP contribution in [0.3, 0.4) is 0 Å². The molecule has 0 aromatic rings. The molecule has 0 spiro atoms. The second-order valence-corrected chi connectivity index (χ2v) is 7.07. The van der Waals surface area contributed by atoms with Crippen LogP contribution in [0.15, 0.2) is 0 Å². The average Bonchev–Trinajstić information content (AvgIpc) is 2.24. The summed E-state index contributed by atoms with van der Waals surface area (Å²) in [6.45, 7) is 0. The number of alkyl halides is 5. The number of methoxy groups -OCH3 is 2. The maximum atomic E-state index is 11.3. The van der Waals surface area contributed by atoms with E-state index in [2.05, 4.69) is 9.47 Å². The zero-order valence-electron chi connectivity index (χ0n) is 9.51. The average molecular weight is 360 g/mol. The Labute approximate surface area is 130 Å². The molecule has 0 fully saturated rings. The molecule has 0 amide bonds. The van der Waals surface area contributed by atoms with E-state index in [0.29, 0.717) is 0 Å². The molecular formula is C9H11Cl5O4. The van der Waals surface area contributed by atoms with Crippen LogP contribution in [-0.2, 0) is 19.1 Å². The van der Waals surface area contributed by atoms with Crippen molar-refractivity contribution >= 4 is 69.9 Å². The van der Waals surface area contributed by atoms with Crippen molar-refractivity contribution in [2.45, 2.75) is 26.9 Å². The monoisotopic (exact) mass is 358 g/mol. The molecular weight excluding hydrogens is 349 g/mol. The van der Waals surface area contributed by atoms with Gasteiger partial charge >= 0.3 is 11.9 Å². The molecule has 0 aliphatic heterocycles. The molecule has 0 aliphatic carbocycles. The predicted octanol–water partition coefficient (Wildman–Crippen LogP) is 3.07. The number of esters is 2. The second-order valence-electron chi connectivity index (χ2n) is 3.42. The molecule has 0 aromatic heterocycles. The fourth-order valence-electron chi connectivity index (χ4n) is 1.09. The molecule has 9 heteroatoms. The van der Waals surface area contributed by atoms with Crippen LogP contribution in [0, 0.1) is 0 Å². The lowest BCUT2D eigenvalue weighted by Crippen LogP contribution is -2.36. The van der Waals surface area contributed by atoms with Gasteiger partial charge in [0.25, 0.3) is 0 Å². The Hall–Kier alpha value is 0.390. The topological polar surface area (TPSA) is 52.6 Å². The van der Waals surface area contributed by atoms with E-state index in [1.807, 2.05) is 0 Å². The second kappa shape index (κ2) is 7.25. The Morgan fingerprint density at radius 2 is 1.61 bits per heavy atom. The number of rotatable bonds is 6. The molecule has 0 heterocycles. The molecule has 0 N–H and O–H groups in total. The van der Waals surface area contributed by atoms with Crippen molar-refractivity contribution in [3.05, 3.63) is 0 Å². The number of ether oxygens (including phenoxy) is 2. The van der Waals surface area contributed by atoms with Crippen molar-refractivity contribution in [2.75, 3.05) is 14.2 Å². The Morgan fingerprint density at radius 3 is 2.00 bits per heavy atom. The highest BCUT2D eigenvalue weighted by atomic mass is 35.5. The lowest BCUT2D eigenvalue weighted by Gasteiger charge is -2.26. The first kappa shape index (κ1) is 18.4. The number of carbonyl (C=O) groups is 2. The summed E-state index contributed by atoms with van der Waals surface area (Å²) in [6.07, 6.45) is -0.554. The Balaban J connectivity index is 4.65. The van der Waals surface area contributed by atoms with Gasteiger partial charge < -0.3 is 9.47 Å². The van der Waals surface area contributed by atoms with Crippen LogP contribution in [0.5, 0.6) is 0 Å². The number of hydrogen-bond acceptors (Lipinski definition) is 4. The molecule has 106 valence electrons. The van der Waals surface area contributed by atoms with Crippen molar-refractivity contribution < 1.29 is 19.1 Å². The normalized spacial score (nSPS) is 13.9. The van der Waals surface area contributed by atoms with Crippen LogP contribution >= 0.6 is 58.0 Å². The summed E-state index contributed by atoms with van der Waals surface area (Å²) in [5, 5.41) is -1.08. The third kappa shape index (κ3) is 6.02. The molecule has 0 saturated carbocycles. The Kier molecular flexibility index (Phi) is 7.40. The molecule has 0 aromatic carbocycles. The van der Waals surface area contributed by atoms with Gasteiger partial charge in [-0.15, -0.1) is 34.8 Å². The zero-order chi connectivity index (χ0) is 14.6. The van der Waals surface area contributed by atoms with Crippen LogP contribution in [-0.4, -0.2) is 40.2 Å². The summed E-state index contributed by atoms with van der Waals surface area (Å²) >= 11 is 29.0. The van der Waals surface area contributed by atoms with Crippen molar-refractivity contribution in [3.63, 3.8) is 0 Å². The summed E-state index contributed by atoms with van der Waals surface area (Å²) in [6, 6.07) is 0. The highest BCUT2D eigenvalue weighted by molar-refractivity contribution is 6.59. The lowest BCUT2D eigenvalue weighted by molar-refractivity contribution is -0.141. The first-order chi connectivity index (χ1) is 8.05. The van der Waals surface area contributed by atoms with E-state index in [1.165, 1.54) is 7.11 Å². The van der Waals surface area contributed by atoms with E-state index >= 15 is 0 Å². The standard InChI is InChI=1S/C9H11Cl5O4/c1-17-6(15)5(10)3-8(11,12)4-9(13,14)7(16)18-2/h5H,3-4H2,1-2H3. The summed E-state index contributed by atoms with van der Waals surface area (Å²) < 4.78 is 5.29. The van der Waals surface area contributed by atoms with Crippen molar-refractivity contribution in [3.8, 4) is 0 Å². The third-order valence-electron chi connectivity index (χ3n) is 1.90. The first-order valence-electron chi connectivity index (χ1n) is 4.61. The molecule has 1 unspecified atom stereocenters. The van der Waals surface area contributed by atoms with Crippen molar-refractivity contribution in [1.29, 1.82) is 0 Å². The highest BCUT2D eigenvalue weighted by Crippen LogP contribution is 2.42. The van der Waals surface area contributed by atoms with Crippen LogP contribution in [0.2, 0.25) is 0 Å². The van der Waals surface area contributed by atoms with Crippen LogP contribution in [0.1, 0.15) is 12.8 Å². The summed E-state index contributed by atoms with van der Waals surface area (Å²) in [7, 11) is 2.29. The van der Waals surface area contributed by atoms with Gasteiger partial charge in [-0.3, -0.25) is 4.79 Å². The molecule has 0 aliphatic rings. The number of carbonyl (C=O) groups excluding carboxylic acids is 2. The van der Waals surface area contributed by atoms with Crippen molar-refractivity contribution in [2.24, 2.45) is 0 Å². The van der Waals surface area contributed by atoms with Gasteiger partial charge in [0.1, 0.15) is 9.71 Å². The van der Waals surface area contributed by atoms with Crippen LogP contribution in [0.4, 0.5) is 0 Å². The summed E-state index contributed by atoms with van der Waals surface area (Å²) in [5.74, 6) is -1.60. The first-order valence-corrected chi connectivity index (χ1v) is 6.56. The minimum Gasteiger partial charge on any atom is -0.468 e. The maximum Gasteiger partial charge on any atom is 0.342 e. The Morgan fingerprint density at radius 1 is 1.11 bits per heavy atom. The molecule has 1 atom stereocenters. The largest absolute Gasteiger partial charge is 0.468 e. The Bertz CT molecular complexity index is 318. The van der Waals surface area contributed by atoms with Gasteiger partial charge in [0.05, 0.1) is 14.2 Å². The summed E-state index contributed by atoms with van der Waals surface area (Å²) in [5.41, 5.74) is 0. The summed E-state index contributed by atoms with van der Waals surface area (Å²) in [4.78, 5) is 22.4. The van der Waals surface area contributed by atoms with E-state index in [-0.39, 0.29) is 12.8 Å². The van der Waals surface area contributed by atoms with Gasteiger partial charge in [0.2, 0.25) is 4.33 Å². The quantitative estimate of drug-likeness (QED) is 0.540. The predicted molar refractivity (Wildman–Crippen MR) is 71.8 cm³/mol. The van der Waals surface area contributed by atoms with E-state index in [4.69, 9.17) is 58.0 Å². The van der Waals surface area contributed by atoms with Crippen LogP contribution < -0.4 is 0 Å². The molecule has 18 heavy (non-hydrogen) atoms. The minimum atomic E-state index is -1.93. The molecule has 0 saturated heterocycles. The van der Waals surface area contributed by atoms with Gasteiger partial charge in [-0.2, -0.15) is 0 Å². The van der Waals surface area contributed by atoms with Gasteiger partial charge in [0, 0.05) is 12.8 Å². The van der Waals surface area contributed by atoms with Gasteiger partial charge in [-0.05, 0) is 0 Å². The zero-order valence-corrected chi connectivity index (χ0v) is 13.3. The number of hydrogen-bond donors (Lipinski definition) is 0. The SMILES string of the molecule is COC(=O)C(Cl)CC(Cl)(Cl)CC(Cl)(Cl)C(=O)OC.